The van der Waals surface area contributed by atoms with Gasteiger partial charge in [-0.05, 0) is 31.1 Å². The fourth-order valence-electron chi connectivity index (χ4n) is 3.57. The van der Waals surface area contributed by atoms with E-state index in [9.17, 15) is 29.1 Å². The standard InChI is InChI=1S/C20H35N5O6/c1-10(2)8-12(21)19(29)25-7-5-6-14(25)18(28)23-13(9-15(22)26)17(27)24-16(11(3)4)20(30)31/h10-14,16H,5-9,21H2,1-4H3,(H2,22,26)(H,23,28)(H,24,27)(H,30,31). The molecule has 0 spiro atoms. The lowest BCUT2D eigenvalue weighted by Crippen LogP contribution is -2.57. The molecule has 0 bridgehead atoms. The van der Waals surface area contributed by atoms with Crippen LogP contribution in [0, 0.1) is 11.8 Å². The Morgan fingerprint density at radius 2 is 1.71 bits per heavy atom. The molecule has 7 N–H and O–H groups in total. The number of nitrogens with one attached hydrogen (secondary N) is 2. The molecule has 0 aromatic carbocycles. The predicted molar refractivity (Wildman–Crippen MR) is 112 cm³/mol. The van der Waals surface area contributed by atoms with Crippen LogP contribution in [0.1, 0.15) is 53.4 Å². The summed E-state index contributed by atoms with van der Waals surface area (Å²) in [5.41, 5.74) is 11.2. The Morgan fingerprint density at radius 3 is 2.19 bits per heavy atom. The predicted octanol–water partition coefficient (Wildman–Crippen LogP) is -1.06. The molecule has 11 heteroatoms. The summed E-state index contributed by atoms with van der Waals surface area (Å²) < 4.78 is 0. The van der Waals surface area contributed by atoms with Crippen LogP contribution in [0.15, 0.2) is 0 Å². The number of hydrogen-bond acceptors (Lipinski definition) is 6. The summed E-state index contributed by atoms with van der Waals surface area (Å²) in [6.07, 6.45) is 0.956. The van der Waals surface area contributed by atoms with Crippen molar-refractivity contribution >= 4 is 29.6 Å². The third kappa shape index (κ3) is 7.82. The van der Waals surface area contributed by atoms with Gasteiger partial charge in [0.1, 0.15) is 18.1 Å². The van der Waals surface area contributed by atoms with Gasteiger partial charge < -0.3 is 32.1 Å². The van der Waals surface area contributed by atoms with Gasteiger partial charge in [0, 0.05) is 6.54 Å². The Hall–Kier alpha value is -2.69. The lowest BCUT2D eigenvalue weighted by Gasteiger charge is -2.29. The monoisotopic (exact) mass is 441 g/mol. The number of nitrogens with two attached hydrogens (primary N) is 2. The van der Waals surface area contributed by atoms with E-state index in [4.69, 9.17) is 11.5 Å². The van der Waals surface area contributed by atoms with E-state index in [1.165, 1.54) is 4.90 Å². The molecular formula is C20H35N5O6. The van der Waals surface area contributed by atoms with Gasteiger partial charge in [-0.2, -0.15) is 0 Å². The number of likely N-dealkylation sites (tertiary alicyclic amines) is 1. The van der Waals surface area contributed by atoms with Crippen molar-refractivity contribution in [3.63, 3.8) is 0 Å². The Balaban J connectivity index is 2.92. The molecule has 1 heterocycles. The van der Waals surface area contributed by atoms with Crippen molar-refractivity contribution in [2.24, 2.45) is 23.3 Å². The number of carbonyl (C=O) groups is 5. The van der Waals surface area contributed by atoms with Crippen molar-refractivity contribution in [3.8, 4) is 0 Å². The summed E-state index contributed by atoms with van der Waals surface area (Å²) in [5.74, 6) is -4.07. The molecule has 0 aliphatic carbocycles. The molecule has 0 saturated carbocycles. The van der Waals surface area contributed by atoms with E-state index in [-0.39, 0.29) is 11.8 Å². The van der Waals surface area contributed by atoms with Crippen molar-refractivity contribution in [1.82, 2.24) is 15.5 Å². The number of hydrogen-bond donors (Lipinski definition) is 5. The smallest absolute Gasteiger partial charge is 0.326 e. The molecule has 1 fully saturated rings. The lowest BCUT2D eigenvalue weighted by atomic mass is 10.0. The van der Waals surface area contributed by atoms with Crippen LogP contribution >= 0.6 is 0 Å². The summed E-state index contributed by atoms with van der Waals surface area (Å²) in [6, 6.07) is -4.11. The van der Waals surface area contributed by atoms with Crippen molar-refractivity contribution in [2.75, 3.05) is 6.54 Å². The Kier molecular flexibility index (Phi) is 9.89. The van der Waals surface area contributed by atoms with Crippen LogP contribution in [0.5, 0.6) is 0 Å². The third-order valence-corrected chi connectivity index (χ3v) is 5.15. The second kappa shape index (κ2) is 11.6. The maximum atomic E-state index is 12.9. The van der Waals surface area contributed by atoms with Gasteiger partial charge in [0.05, 0.1) is 12.5 Å². The number of amides is 4. The highest BCUT2D eigenvalue weighted by Gasteiger charge is 2.38. The van der Waals surface area contributed by atoms with Gasteiger partial charge in [-0.15, -0.1) is 0 Å². The molecule has 11 nitrogen and oxygen atoms in total. The zero-order valence-electron chi connectivity index (χ0n) is 18.6. The van der Waals surface area contributed by atoms with Crippen LogP contribution in [0.4, 0.5) is 0 Å². The molecule has 0 radical (unpaired) electrons. The SMILES string of the molecule is CC(C)CC(N)C(=O)N1CCCC1C(=O)NC(CC(N)=O)C(=O)NC(C(=O)O)C(C)C. The minimum absolute atomic E-state index is 0.209. The van der Waals surface area contributed by atoms with Gasteiger partial charge in [-0.3, -0.25) is 19.2 Å². The topological polar surface area (TPSA) is 185 Å². The average Bonchev–Trinajstić information content (AvgIpc) is 3.12. The maximum absolute atomic E-state index is 12.9. The number of carboxylic acid groups (broad SMARTS) is 1. The first kappa shape index (κ1) is 26.3. The summed E-state index contributed by atoms with van der Waals surface area (Å²) >= 11 is 0. The van der Waals surface area contributed by atoms with Crippen molar-refractivity contribution in [3.05, 3.63) is 0 Å². The van der Waals surface area contributed by atoms with E-state index in [0.29, 0.717) is 25.8 Å². The molecule has 1 aliphatic rings. The van der Waals surface area contributed by atoms with Crippen molar-refractivity contribution in [2.45, 2.75) is 77.5 Å². The summed E-state index contributed by atoms with van der Waals surface area (Å²) in [7, 11) is 0. The Labute approximate surface area is 182 Å². The van der Waals surface area contributed by atoms with Crippen LogP contribution in [-0.4, -0.2) is 70.3 Å². The van der Waals surface area contributed by atoms with Crippen molar-refractivity contribution in [1.29, 1.82) is 0 Å². The first-order valence-corrected chi connectivity index (χ1v) is 10.5. The molecular weight excluding hydrogens is 406 g/mol. The number of primary amides is 1. The second-order valence-electron chi connectivity index (χ2n) is 8.73. The van der Waals surface area contributed by atoms with Gasteiger partial charge in [0.2, 0.25) is 23.6 Å². The largest absolute Gasteiger partial charge is 0.480 e. The molecule has 4 unspecified atom stereocenters. The van der Waals surface area contributed by atoms with Crippen LogP contribution in [0.25, 0.3) is 0 Å². The minimum Gasteiger partial charge on any atom is -0.480 e. The van der Waals surface area contributed by atoms with Gasteiger partial charge in [-0.25, -0.2) is 4.79 Å². The molecule has 4 amide bonds. The van der Waals surface area contributed by atoms with E-state index in [0.717, 1.165) is 0 Å². The molecule has 0 aromatic heterocycles. The van der Waals surface area contributed by atoms with Gasteiger partial charge >= 0.3 is 5.97 Å². The maximum Gasteiger partial charge on any atom is 0.326 e. The van der Waals surface area contributed by atoms with Crippen LogP contribution in [0.2, 0.25) is 0 Å². The molecule has 0 aromatic rings. The normalized spacial score (nSPS) is 19.1. The summed E-state index contributed by atoms with van der Waals surface area (Å²) in [4.78, 5) is 62.3. The highest BCUT2D eigenvalue weighted by Crippen LogP contribution is 2.20. The molecule has 4 atom stereocenters. The number of carboxylic acids is 1. The fraction of sp³-hybridized carbons (Fsp3) is 0.750. The molecule has 31 heavy (non-hydrogen) atoms. The van der Waals surface area contributed by atoms with Gasteiger partial charge in [-0.1, -0.05) is 27.7 Å². The lowest BCUT2D eigenvalue weighted by molar-refractivity contribution is -0.144. The van der Waals surface area contributed by atoms with E-state index in [2.05, 4.69) is 10.6 Å². The summed E-state index contributed by atoms with van der Waals surface area (Å²) in [5, 5.41) is 14.1. The third-order valence-electron chi connectivity index (χ3n) is 5.15. The minimum atomic E-state index is -1.35. The second-order valence-corrected chi connectivity index (χ2v) is 8.73. The van der Waals surface area contributed by atoms with E-state index in [1.807, 2.05) is 13.8 Å². The zero-order valence-corrected chi connectivity index (χ0v) is 18.6. The van der Waals surface area contributed by atoms with Gasteiger partial charge in [0.15, 0.2) is 0 Å². The average molecular weight is 442 g/mol. The summed E-state index contributed by atoms with van der Waals surface area (Å²) in [6.45, 7) is 7.47. The van der Waals surface area contributed by atoms with E-state index >= 15 is 0 Å². The van der Waals surface area contributed by atoms with E-state index in [1.54, 1.807) is 13.8 Å². The molecule has 1 rings (SSSR count). The highest BCUT2D eigenvalue weighted by molar-refractivity contribution is 5.96. The van der Waals surface area contributed by atoms with Crippen LogP contribution in [0.3, 0.4) is 0 Å². The van der Waals surface area contributed by atoms with Crippen molar-refractivity contribution < 1.29 is 29.1 Å². The van der Waals surface area contributed by atoms with E-state index < -0.39 is 60.2 Å². The number of aliphatic carboxylic acids is 1. The quantitative estimate of drug-likeness (QED) is 0.270. The molecule has 1 aliphatic heterocycles. The van der Waals surface area contributed by atoms with Crippen LogP contribution < -0.4 is 22.1 Å². The van der Waals surface area contributed by atoms with Crippen LogP contribution in [-0.2, 0) is 24.0 Å². The fourth-order valence-corrected chi connectivity index (χ4v) is 3.57. The molecule has 1 saturated heterocycles. The number of rotatable bonds is 11. The Bertz CT molecular complexity index is 696. The number of nitrogens with zero attached hydrogens (tertiary/aromatic N) is 1. The number of carbonyl (C=O) groups excluding carboxylic acids is 4. The highest BCUT2D eigenvalue weighted by atomic mass is 16.4. The zero-order chi connectivity index (χ0) is 23.9. The molecule has 176 valence electrons. The van der Waals surface area contributed by atoms with Gasteiger partial charge in [0.25, 0.3) is 0 Å². The Morgan fingerprint density at radius 1 is 1.10 bits per heavy atom. The first-order valence-electron chi connectivity index (χ1n) is 10.5. The first-order chi connectivity index (χ1) is 14.3.